The maximum atomic E-state index is 14.2. The Bertz CT molecular complexity index is 1080. The van der Waals surface area contributed by atoms with E-state index >= 15 is 0 Å². The Balaban J connectivity index is 2.04. The van der Waals surface area contributed by atoms with E-state index in [1.807, 2.05) is 6.07 Å². The Labute approximate surface area is 168 Å². The van der Waals surface area contributed by atoms with Crippen molar-refractivity contribution in [3.05, 3.63) is 71.1 Å². The number of amides is 1. The Kier molecular flexibility index (Phi) is 6.19. The first-order valence-electron chi connectivity index (χ1n) is 9.16. The molecule has 6 nitrogen and oxygen atoms in total. The zero-order valence-corrected chi connectivity index (χ0v) is 16.3. The first-order valence-corrected chi connectivity index (χ1v) is 9.16. The molecular formula is C22H22FN4O2. The molecule has 3 rings (SSSR count). The third-order valence-corrected chi connectivity index (χ3v) is 4.78. The fourth-order valence-electron chi connectivity index (χ4n) is 3.19. The van der Waals surface area contributed by atoms with Crippen molar-refractivity contribution in [2.24, 2.45) is 0 Å². The van der Waals surface area contributed by atoms with Crippen molar-refractivity contribution in [1.29, 1.82) is 0 Å². The van der Waals surface area contributed by atoms with Gasteiger partial charge in [-0.25, -0.2) is 14.4 Å². The van der Waals surface area contributed by atoms with Crippen molar-refractivity contribution in [3.63, 3.8) is 0 Å². The molecule has 1 amide bonds. The molecule has 1 heterocycles. The average molecular weight is 393 g/mol. The summed E-state index contributed by atoms with van der Waals surface area (Å²) in [5, 5.41) is 10.7. The molecule has 1 radical (unpaired) electrons. The number of aliphatic hydroxyl groups excluding tert-OH is 1. The van der Waals surface area contributed by atoms with Gasteiger partial charge in [-0.15, -0.1) is 0 Å². The molecule has 1 aromatic heterocycles. The minimum atomic E-state index is -0.373. The Morgan fingerprint density at radius 3 is 2.83 bits per heavy atom. The number of carbonyl (C=O) groups excluding carboxylic acids is 1. The third-order valence-electron chi connectivity index (χ3n) is 4.78. The molecule has 3 aromatic rings. The fourth-order valence-corrected chi connectivity index (χ4v) is 3.19. The number of aromatic nitrogens is 2. The number of nitrogens with two attached hydrogens (primary N) is 1. The number of nitrogen functional groups attached to an aromatic ring is 1. The molecule has 0 aliphatic carbocycles. The Hall–Kier alpha value is -3.32. The zero-order chi connectivity index (χ0) is 21.0. The smallest absolute Gasteiger partial charge is 0.214 e. The number of aryl methyl sites for hydroxylation is 1. The normalized spacial score (nSPS) is 12.0. The lowest BCUT2D eigenvalue weighted by Crippen LogP contribution is -2.22. The number of carbonyl (C=O) groups is 1. The molecular weight excluding hydrogens is 371 g/mol. The third kappa shape index (κ3) is 4.41. The first-order chi connectivity index (χ1) is 13.9. The highest BCUT2D eigenvalue weighted by Crippen LogP contribution is 2.28. The highest BCUT2D eigenvalue weighted by molar-refractivity contribution is 5.86. The van der Waals surface area contributed by atoms with Crippen molar-refractivity contribution in [1.82, 2.24) is 14.9 Å². The van der Waals surface area contributed by atoms with Crippen molar-refractivity contribution in [2.45, 2.75) is 26.8 Å². The number of allylic oxidation sites excluding steroid dienone is 1. The van der Waals surface area contributed by atoms with Gasteiger partial charge in [-0.2, -0.15) is 0 Å². The molecule has 0 unspecified atom stereocenters. The average Bonchev–Trinajstić information content (AvgIpc) is 2.71. The largest absolute Gasteiger partial charge is 0.396 e. The molecule has 0 bridgehead atoms. The van der Waals surface area contributed by atoms with E-state index in [0.717, 1.165) is 5.39 Å². The molecule has 0 fully saturated rings. The van der Waals surface area contributed by atoms with Gasteiger partial charge < -0.3 is 15.7 Å². The van der Waals surface area contributed by atoms with Gasteiger partial charge in [0.2, 0.25) is 6.41 Å². The molecule has 149 valence electrons. The van der Waals surface area contributed by atoms with Gasteiger partial charge in [0.05, 0.1) is 6.54 Å². The predicted molar refractivity (Wildman–Crippen MR) is 110 cm³/mol. The minimum Gasteiger partial charge on any atom is -0.396 e. The van der Waals surface area contributed by atoms with Crippen molar-refractivity contribution in [2.75, 3.05) is 12.3 Å². The van der Waals surface area contributed by atoms with Gasteiger partial charge in [0.25, 0.3) is 0 Å². The molecule has 3 N–H and O–H groups in total. The summed E-state index contributed by atoms with van der Waals surface area (Å²) < 4.78 is 14.2. The van der Waals surface area contributed by atoms with E-state index in [2.05, 4.69) is 16.0 Å². The molecule has 7 heteroatoms. The molecule has 0 aliphatic heterocycles. The van der Waals surface area contributed by atoms with Crippen LogP contribution in [0.25, 0.3) is 16.3 Å². The fraction of sp³-hybridized carbons (Fsp3) is 0.227. The molecule has 0 saturated heterocycles. The maximum absolute atomic E-state index is 14.2. The number of fused-ring (bicyclic) bond motifs is 1. The van der Waals surface area contributed by atoms with Gasteiger partial charge in [-0.3, -0.25) is 4.79 Å². The number of rotatable bonds is 7. The topological polar surface area (TPSA) is 92.3 Å². The van der Waals surface area contributed by atoms with Crippen LogP contribution in [-0.2, 0) is 11.3 Å². The summed E-state index contributed by atoms with van der Waals surface area (Å²) in [4.78, 5) is 21.5. The molecule has 2 aromatic carbocycles. The summed E-state index contributed by atoms with van der Waals surface area (Å²) >= 11 is 0. The number of hydrogen-bond acceptors (Lipinski definition) is 5. The highest BCUT2D eigenvalue weighted by atomic mass is 19.1. The van der Waals surface area contributed by atoms with Crippen LogP contribution in [0.3, 0.4) is 0 Å². The monoisotopic (exact) mass is 393 g/mol. The SMILES string of the molecule is C/C(=C(\CCO)c1[c]c2c(F)cccc2cc1)N(C=O)Cc1cnc(C)nc1N. The summed E-state index contributed by atoms with van der Waals surface area (Å²) in [5.74, 6) is 0.479. The number of nitrogens with zero attached hydrogens (tertiary/aromatic N) is 3. The standard InChI is InChI=1S/C22H22FN4O2/c1-14(27(13-29)12-18-11-25-15(2)26-22(18)24)19(8-9-28)17-7-6-16-4-3-5-21(23)20(16)10-17/h3-7,11,13,28H,8-9,12H2,1-2H3,(H2,24,25,26)/b19-14-. The van der Waals surface area contributed by atoms with E-state index in [4.69, 9.17) is 5.73 Å². The van der Waals surface area contributed by atoms with Crippen LogP contribution in [0.15, 0.2) is 42.2 Å². The molecule has 0 atom stereocenters. The van der Waals surface area contributed by atoms with E-state index in [0.29, 0.717) is 45.8 Å². The van der Waals surface area contributed by atoms with Crippen LogP contribution in [0.5, 0.6) is 0 Å². The second kappa shape index (κ2) is 8.79. The van der Waals surface area contributed by atoms with Gasteiger partial charge in [-0.05, 0) is 42.9 Å². The maximum Gasteiger partial charge on any atom is 0.214 e. The van der Waals surface area contributed by atoms with Gasteiger partial charge >= 0.3 is 0 Å². The van der Waals surface area contributed by atoms with E-state index in [-0.39, 0.29) is 25.4 Å². The minimum absolute atomic E-state index is 0.127. The lowest BCUT2D eigenvalue weighted by Gasteiger charge is -2.23. The molecule has 0 saturated carbocycles. The van der Waals surface area contributed by atoms with E-state index < -0.39 is 0 Å². The summed E-state index contributed by atoms with van der Waals surface area (Å²) in [7, 11) is 0. The Morgan fingerprint density at radius 2 is 2.14 bits per heavy atom. The van der Waals surface area contributed by atoms with Crippen molar-refractivity contribution >= 4 is 28.6 Å². The van der Waals surface area contributed by atoms with Crippen molar-refractivity contribution < 1.29 is 14.3 Å². The Morgan fingerprint density at radius 1 is 1.34 bits per heavy atom. The highest BCUT2D eigenvalue weighted by Gasteiger charge is 2.16. The van der Waals surface area contributed by atoms with Gasteiger partial charge in [0.1, 0.15) is 17.5 Å². The van der Waals surface area contributed by atoms with Gasteiger partial charge in [0, 0.05) is 35.5 Å². The second-order valence-electron chi connectivity index (χ2n) is 6.67. The summed E-state index contributed by atoms with van der Waals surface area (Å²) in [6, 6.07) is 11.5. The van der Waals surface area contributed by atoms with Crippen LogP contribution < -0.4 is 5.73 Å². The number of benzene rings is 2. The lowest BCUT2D eigenvalue weighted by molar-refractivity contribution is -0.116. The number of halogens is 1. The van der Waals surface area contributed by atoms with Gasteiger partial charge in [0.15, 0.2) is 0 Å². The second-order valence-corrected chi connectivity index (χ2v) is 6.67. The number of aliphatic hydroxyl groups is 1. The predicted octanol–water partition coefficient (Wildman–Crippen LogP) is 3.23. The summed E-state index contributed by atoms with van der Waals surface area (Å²) in [6.45, 7) is 3.55. The molecule has 0 spiro atoms. The lowest BCUT2D eigenvalue weighted by atomic mass is 9.97. The summed E-state index contributed by atoms with van der Waals surface area (Å²) in [5.41, 5.74) is 8.48. The van der Waals surface area contributed by atoms with Crippen LogP contribution in [-0.4, -0.2) is 33.0 Å². The van der Waals surface area contributed by atoms with Crippen LogP contribution in [0.4, 0.5) is 10.2 Å². The number of hydrogen-bond donors (Lipinski definition) is 2. The van der Waals surface area contributed by atoms with E-state index in [1.54, 1.807) is 38.2 Å². The zero-order valence-electron chi connectivity index (χ0n) is 16.3. The van der Waals surface area contributed by atoms with E-state index in [9.17, 15) is 14.3 Å². The number of anilines is 1. The van der Waals surface area contributed by atoms with Crippen molar-refractivity contribution in [3.8, 4) is 0 Å². The molecule has 0 aliphatic rings. The van der Waals surface area contributed by atoms with Crippen LogP contribution in [0.1, 0.15) is 30.3 Å². The van der Waals surface area contributed by atoms with Crippen LogP contribution in [0, 0.1) is 18.8 Å². The van der Waals surface area contributed by atoms with Gasteiger partial charge in [-0.1, -0.05) is 24.3 Å². The molecule has 29 heavy (non-hydrogen) atoms. The van der Waals surface area contributed by atoms with Crippen LogP contribution >= 0.6 is 0 Å². The summed E-state index contributed by atoms with van der Waals surface area (Å²) in [6.07, 6.45) is 2.56. The quantitative estimate of drug-likeness (QED) is 0.601. The van der Waals surface area contributed by atoms with E-state index in [1.165, 1.54) is 11.0 Å². The first kappa shape index (κ1) is 20.4. The van der Waals surface area contributed by atoms with Crippen LogP contribution in [0.2, 0.25) is 0 Å².